The van der Waals surface area contributed by atoms with Gasteiger partial charge in [-0.1, -0.05) is 0 Å². The third-order valence-corrected chi connectivity index (χ3v) is 5.51. The summed E-state index contributed by atoms with van der Waals surface area (Å²) in [5, 5.41) is 6.56. The third-order valence-electron chi connectivity index (χ3n) is 3.88. The van der Waals surface area contributed by atoms with E-state index in [1.54, 1.807) is 19.9 Å². The van der Waals surface area contributed by atoms with Gasteiger partial charge in [0.15, 0.2) is 0 Å². The Kier molecular flexibility index (Phi) is 4.46. The maximum atomic E-state index is 13.7. The van der Waals surface area contributed by atoms with Crippen molar-refractivity contribution in [2.45, 2.75) is 18.7 Å². The summed E-state index contributed by atoms with van der Waals surface area (Å²) in [5.41, 5.74) is 1.63. The molecule has 0 spiro atoms. The maximum absolute atomic E-state index is 13.7. The molecule has 1 saturated heterocycles. The number of H-pyrrole nitrogens is 1. The second kappa shape index (κ2) is 6.40. The highest BCUT2D eigenvalue weighted by atomic mass is 32.2. The van der Waals surface area contributed by atoms with E-state index in [4.69, 9.17) is 4.74 Å². The summed E-state index contributed by atoms with van der Waals surface area (Å²) < 4.78 is 46.9. The average molecular weight is 354 g/mol. The van der Waals surface area contributed by atoms with Crippen LogP contribution < -0.4 is 9.62 Å². The summed E-state index contributed by atoms with van der Waals surface area (Å²) in [6.45, 7) is 5.55. The van der Waals surface area contributed by atoms with Gasteiger partial charge in [0, 0.05) is 19.2 Å². The highest BCUT2D eigenvalue weighted by molar-refractivity contribution is 7.92. The van der Waals surface area contributed by atoms with Crippen LogP contribution in [0.5, 0.6) is 0 Å². The topological polar surface area (TPSA) is 87.3 Å². The number of sulfonamides is 1. The zero-order valence-electron chi connectivity index (χ0n) is 13.5. The molecule has 2 aromatic rings. The van der Waals surface area contributed by atoms with Crippen molar-refractivity contribution in [1.29, 1.82) is 0 Å². The molecule has 9 heteroatoms. The Hall–Kier alpha value is -2.13. The van der Waals surface area contributed by atoms with Gasteiger partial charge < -0.3 is 9.64 Å². The molecular weight excluding hydrogens is 335 g/mol. The van der Waals surface area contributed by atoms with Crippen LogP contribution in [0.3, 0.4) is 0 Å². The van der Waals surface area contributed by atoms with Crippen molar-refractivity contribution in [3.63, 3.8) is 0 Å². The Labute approximate surface area is 139 Å². The zero-order valence-corrected chi connectivity index (χ0v) is 14.3. The molecule has 1 aliphatic heterocycles. The van der Waals surface area contributed by atoms with Crippen molar-refractivity contribution in [2.24, 2.45) is 0 Å². The van der Waals surface area contributed by atoms with E-state index < -0.39 is 15.8 Å². The lowest BCUT2D eigenvalue weighted by atomic mass is 10.2. The monoisotopic (exact) mass is 354 g/mol. The fourth-order valence-electron chi connectivity index (χ4n) is 2.80. The SMILES string of the molecule is Cc1n[nH]c(C)c1S(=O)(=O)Nc1cc(F)ccc1N1CCOCC1. The van der Waals surface area contributed by atoms with Crippen molar-refractivity contribution in [2.75, 3.05) is 35.9 Å². The molecule has 2 heterocycles. The lowest BCUT2D eigenvalue weighted by Crippen LogP contribution is -2.36. The minimum Gasteiger partial charge on any atom is -0.378 e. The van der Waals surface area contributed by atoms with Gasteiger partial charge in [-0.25, -0.2) is 12.8 Å². The summed E-state index contributed by atoms with van der Waals surface area (Å²) in [5.74, 6) is -0.509. The molecular formula is C15H19FN4O3S. The highest BCUT2D eigenvalue weighted by Crippen LogP contribution is 2.30. The Morgan fingerprint density at radius 2 is 2.00 bits per heavy atom. The van der Waals surface area contributed by atoms with E-state index in [2.05, 4.69) is 14.9 Å². The van der Waals surface area contributed by atoms with Crippen molar-refractivity contribution >= 4 is 21.4 Å². The lowest BCUT2D eigenvalue weighted by Gasteiger charge is -2.30. The highest BCUT2D eigenvalue weighted by Gasteiger charge is 2.25. The number of anilines is 2. The number of aryl methyl sites for hydroxylation is 2. The molecule has 1 aromatic carbocycles. The van der Waals surface area contributed by atoms with Gasteiger partial charge in [0.2, 0.25) is 0 Å². The molecule has 0 amide bonds. The fourth-order valence-corrected chi connectivity index (χ4v) is 4.24. The first kappa shape index (κ1) is 16.7. The van der Waals surface area contributed by atoms with Gasteiger partial charge in [-0.15, -0.1) is 0 Å². The number of nitrogens with one attached hydrogen (secondary N) is 2. The minimum absolute atomic E-state index is 0.0830. The van der Waals surface area contributed by atoms with Crippen LogP contribution in [-0.4, -0.2) is 44.9 Å². The zero-order chi connectivity index (χ0) is 17.3. The van der Waals surface area contributed by atoms with Gasteiger partial charge in [-0.3, -0.25) is 9.82 Å². The van der Waals surface area contributed by atoms with Crippen LogP contribution in [-0.2, 0) is 14.8 Å². The molecule has 0 saturated carbocycles. The van der Waals surface area contributed by atoms with Crippen LogP contribution in [0.2, 0.25) is 0 Å². The summed E-state index contributed by atoms with van der Waals surface area (Å²) in [6.07, 6.45) is 0. The molecule has 0 atom stereocenters. The van der Waals surface area contributed by atoms with E-state index in [0.717, 1.165) is 0 Å². The molecule has 2 N–H and O–H groups in total. The molecule has 1 fully saturated rings. The number of hydrogen-bond acceptors (Lipinski definition) is 5. The Balaban J connectivity index is 1.98. The average Bonchev–Trinajstić information content (AvgIpc) is 2.87. The van der Waals surface area contributed by atoms with Crippen LogP contribution in [0.15, 0.2) is 23.1 Å². The van der Waals surface area contributed by atoms with E-state index in [1.807, 2.05) is 4.90 Å². The van der Waals surface area contributed by atoms with Crippen LogP contribution >= 0.6 is 0 Å². The molecule has 7 nitrogen and oxygen atoms in total. The number of aromatic nitrogens is 2. The molecule has 0 aliphatic carbocycles. The van der Waals surface area contributed by atoms with Gasteiger partial charge in [0.25, 0.3) is 10.0 Å². The molecule has 0 unspecified atom stereocenters. The van der Waals surface area contributed by atoms with Gasteiger partial charge in [-0.05, 0) is 26.0 Å². The van der Waals surface area contributed by atoms with Crippen molar-refractivity contribution in [3.05, 3.63) is 35.4 Å². The van der Waals surface area contributed by atoms with Crippen LogP contribution in [0, 0.1) is 19.7 Å². The van der Waals surface area contributed by atoms with Crippen LogP contribution in [0.25, 0.3) is 0 Å². The van der Waals surface area contributed by atoms with E-state index >= 15 is 0 Å². The number of aromatic amines is 1. The molecule has 1 aliphatic rings. The first-order valence-electron chi connectivity index (χ1n) is 7.55. The fraction of sp³-hybridized carbons (Fsp3) is 0.400. The minimum atomic E-state index is -3.88. The smallest absolute Gasteiger partial charge is 0.265 e. The first-order valence-corrected chi connectivity index (χ1v) is 9.03. The summed E-state index contributed by atoms with van der Waals surface area (Å²) in [6, 6.07) is 4.08. The van der Waals surface area contributed by atoms with Gasteiger partial charge in [0.05, 0.1) is 36.0 Å². The van der Waals surface area contributed by atoms with Crippen LogP contribution in [0.4, 0.5) is 15.8 Å². The van der Waals surface area contributed by atoms with Crippen molar-refractivity contribution in [3.8, 4) is 0 Å². The molecule has 3 rings (SSSR count). The van der Waals surface area contributed by atoms with E-state index in [0.29, 0.717) is 43.4 Å². The van der Waals surface area contributed by atoms with Gasteiger partial charge in [-0.2, -0.15) is 5.10 Å². The predicted octanol–water partition coefficient (Wildman–Crippen LogP) is 1.80. The number of halogens is 1. The lowest BCUT2D eigenvalue weighted by molar-refractivity contribution is 0.123. The number of benzene rings is 1. The van der Waals surface area contributed by atoms with Crippen molar-refractivity contribution < 1.29 is 17.5 Å². The molecule has 1 aromatic heterocycles. The number of morpholine rings is 1. The Morgan fingerprint density at radius 3 is 2.62 bits per heavy atom. The van der Waals surface area contributed by atoms with E-state index in [-0.39, 0.29) is 10.6 Å². The van der Waals surface area contributed by atoms with E-state index in [1.165, 1.54) is 12.1 Å². The largest absolute Gasteiger partial charge is 0.378 e. The van der Waals surface area contributed by atoms with Gasteiger partial charge in [0.1, 0.15) is 10.7 Å². The summed E-state index contributed by atoms with van der Waals surface area (Å²) in [7, 11) is -3.88. The standard InChI is InChI=1S/C15H19FN4O3S/c1-10-15(11(2)18-17-10)24(21,22)19-13-9-12(16)3-4-14(13)20-5-7-23-8-6-20/h3-4,9,19H,5-8H2,1-2H3,(H,17,18). The molecule has 130 valence electrons. The quantitative estimate of drug-likeness (QED) is 0.874. The predicted molar refractivity (Wildman–Crippen MR) is 88.3 cm³/mol. The third kappa shape index (κ3) is 3.22. The second-order valence-corrected chi connectivity index (χ2v) is 7.25. The number of hydrogen-bond donors (Lipinski definition) is 2. The summed E-state index contributed by atoms with van der Waals surface area (Å²) >= 11 is 0. The number of rotatable bonds is 4. The summed E-state index contributed by atoms with van der Waals surface area (Å²) in [4.78, 5) is 2.05. The second-order valence-electron chi connectivity index (χ2n) is 5.63. The van der Waals surface area contributed by atoms with Crippen LogP contribution in [0.1, 0.15) is 11.4 Å². The Morgan fingerprint density at radius 1 is 1.29 bits per heavy atom. The van der Waals surface area contributed by atoms with E-state index in [9.17, 15) is 12.8 Å². The number of ether oxygens (including phenoxy) is 1. The molecule has 24 heavy (non-hydrogen) atoms. The molecule has 0 radical (unpaired) electrons. The molecule has 0 bridgehead atoms. The normalized spacial score (nSPS) is 15.5. The number of nitrogens with zero attached hydrogens (tertiary/aromatic N) is 2. The maximum Gasteiger partial charge on any atom is 0.265 e. The first-order chi connectivity index (χ1) is 11.4. The van der Waals surface area contributed by atoms with Gasteiger partial charge >= 0.3 is 0 Å². The Bertz CT molecular complexity index is 825. The van der Waals surface area contributed by atoms with Crippen molar-refractivity contribution in [1.82, 2.24) is 10.2 Å².